The number of aliphatic hydroxyl groups is 1. The molecule has 2 saturated carbocycles. The monoisotopic (exact) mass is 444 g/mol. The summed E-state index contributed by atoms with van der Waals surface area (Å²) in [5.74, 6) is 7.78. The third-order valence-corrected chi connectivity index (χ3v) is 9.29. The molecule has 3 nitrogen and oxygen atoms in total. The van der Waals surface area contributed by atoms with Crippen LogP contribution in [-0.2, 0) is 4.79 Å². The first kappa shape index (κ1) is 22.6. The Hall–Kier alpha value is -2.15. The van der Waals surface area contributed by atoms with E-state index in [4.69, 9.17) is 0 Å². The predicted molar refractivity (Wildman–Crippen MR) is 135 cm³/mol. The summed E-state index contributed by atoms with van der Waals surface area (Å²) in [6.07, 6.45) is 8.25. The highest BCUT2D eigenvalue weighted by Gasteiger charge is 2.62. The highest BCUT2D eigenvalue weighted by Crippen LogP contribution is 2.66. The van der Waals surface area contributed by atoms with Crippen molar-refractivity contribution in [3.8, 4) is 11.8 Å². The molecule has 174 valence electrons. The minimum Gasteiger partial charge on any atom is -0.377 e. The Labute approximate surface area is 199 Å². The van der Waals surface area contributed by atoms with Crippen LogP contribution >= 0.6 is 0 Å². The lowest BCUT2D eigenvalue weighted by atomic mass is 9.51. The number of quaternary nitrogens is 1. The summed E-state index contributed by atoms with van der Waals surface area (Å²) < 4.78 is 0.794. The maximum absolute atomic E-state index is 12.2. The highest BCUT2D eigenvalue weighted by molar-refractivity contribution is 5.93. The Balaban J connectivity index is 1.67. The van der Waals surface area contributed by atoms with E-state index in [9.17, 15) is 9.90 Å². The van der Waals surface area contributed by atoms with E-state index < -0.39 is 5.60 Å². The molecule has 0 spiro atoms. The van der Waals surface area contributed by atoms with Crippen LogP contribution in [0.2, 0.25) is 0 Å². The van der Waals surface area contributed by atoms with Crippen LogP contribution in [0, 0.1) is 29.1 Å². The maximum Gasteiger partial charge on any atom is 0.156 e. The first-order valence-electron chi connectivity index (χ1n) is 12.6. The summed E-state index contributed by atoms with van der Waals surface area (Å²) in [5, 5.41) is 11.8. The summed E-state index contributed by atoms with van der Waals surface area (Å²) in [7, 11) is 6.59. The fourth-order valence-corrected chi connectivity index (χ4v) is 7.53. The van der Waals surface area contributed by atoms with Crippen molar-refractivity contribution in [1.82, 2.24) is 4.48 Å². The molecular formula is C30H38NO2+. The lowest BCUT2D eigenvalue weighted by Crippen LogP contribution is -2.51. The molecule has 0 aromatic heterocycles. The van der Waals surface area contributed by atoms with Gasteiger partial charge in [-0.05, 0) is 92.2 Å². The van der Waals surface area contributed by atoms with Crippen molar-refractivity contribution in [2.75, 3.05) is 21.1 Å². The van der Waals surface area contributed by atoms with Crippen LogP contribution in [0.25, 0.3) is 0 Å². The maximum atomic E-state index is 12.2. The van der Waals surface area contributed by atoms with E-state index in [-0.39, 0.29) is 17.1 Å². The van der Waals surface area contributed by atoms with Crippen molar-refractivity contribution in [1.29, 1.82) is 0 Å². The number of nitrogens with zero attached hydrogens (tertiary/aromatic N) is 1. The van der Waals surface area contributed by atoms with Crippen LogP contribution in [0.5, 0.6) is 0 Å². The van der Waals surface area contributed by atoms with Crippen molar-refractivity contribution in [2.24, 2.45) is 17.3 Å². The van der Waals surface area contributed by atoms with Gasteiger partial charge in [0, 0.05) is 17.8 Å². The quantitative estimate of drug-likeness (QED) is 0.481. The molecule has 3 heteroatoms. The lowest BCUT2D eigenvalue weighted by molar-refractivity contribution is -0.114. The zero-order valence-electron chi connectivity index (χ0n) is 20.9. The fraction of sp³-hybridized carbons (Fsp3) is 0.567. The molecule has 0 aliphatic heterocycles. The Morgan fingerprint density at radius 2 is 1.79 bits per heavy atom. The third-order valence-electron chi connectivity index (χ3n) is 9.29. The lowest BCUT2D eigenvalue weighted by Gasteiger charge is -2.53. The molecular weight excluding hydrogens is 406 g/mol. The van der Waals surface area contributed by atoms with Gasteiger partial charge in [0.2, 0.25) is 0 Å². The number of benzene rings is 1. The van der Waals surface area contributed by atoms with Gasteiger partial charge in [-0.1, -0.05) is 30.6 Å². The van der Waals surface area contributed by atoms with Gasteiger partial charge in [-0.25, -0.2) is 0 Å². The number of ketones is 1. The minimum atomic E-state index is -0.915. The summed E-state index contributed by atoms with van der Waals surface area (Å²) in [4.78, 5) is 12.2. The number of carbonyl (C=O) groups is 1. The molecule has 4 aliphatic carbocycles. The fourth-order valence-electron chi connectivity index (χ4n) is 7.53. The van der Waals surface area contributed by atoms with Gasteiger partial charge in [0.15, 0.2) is 5.78 Å². The Kier molecular flexibility index (Phi) is 5.27. The Morgan fingerprint density at radius 1 is 1.06 bits per heavy atom. The molecule has 1 N–H and O–H groups in total. The van der Waals surface area contributed by atoms with Gasteiger partial charge in [0.05, 0.1) is 21.1 Å². The molecule has 0 radical (unpaired) electrons. The predicted octanol–water partition coefficient (Wildman–Crippen LogP) is 5.54. The van der Waals surface area contributed by atoms with E-state index in [0.29, 0.717) is 18.3 Å². The van der Waals surface area contributed by atoms with Crippen molar-refractivity contribution in [2.45, 2.75) is 70.3 Å². The van der Waals surface area contributed by atoms with Crippen molar-refractivity contribution in [3.05, 3.63) is 52.6 Å². The molecule has 1 aromatic carbocycles. The molecule has 2 fully saturated rings. The number of fused-ring (bicyclic) bond motifs is 4. The second kappa shape index (κ2) is 7.69. The van der Waals surface area contributed by atoms with Crippen molar-refractivity contribution in [3.63, 3.8) is 0 Å². The summed E-state index contributed by atoms with van der Waals surface area (Å²) >= 11 is 0. The summed E-state index contributed by atoms with van der Waals surface area (Å²) in [6.45, 7) is 4.15. The van der Waals surface area contributed by atoms with Gasteiger partial charge < -0.3 is 5.11 Å². The molecule has 0 saturated heterocycles. The number of allylic oxidation sites excluding steroid dienone is 4. The third kappa shape index (κ3) is 3.46. The number of carbonyl (C=O) groups excluding carboxylic acids is 1. The van der Waals surface area contributed by atoms with Crippen LogP contribution < -0.4 is 4.48 Å². The van der Waals surface area contributed by atoms with Gasteiger partial charge >= 0.3 is 0 Å². The van der Waals surface area contributed by atoms with E-state index in [1.807, 2.05) is 13.0 Å². The van der Waals surface area contributed by atoms with E-state index in [2.05, 4.69) is 64.2 Å². The smallest absolute Gasteiger partial charge is 0.156 e. The van der Waals surface area contributed by atoms with Crippen LogP contribution in [0.3, 0.4) is 0 Å². The summed E-state index contributed by atoms with van der Waals surface area (Å²) in [5.41, 5.74) is 5.82. The van der Waals surface area contributed by atoms with Gasteiger partial charge in [0.25, 0.3) is 0 Å². The standard InChI is InChI=1S/C30H38NO2/c1-6-16-30(33)17-15-27-25-13-9-21-18-23(32)12-14-24(21)28(25)26(19-29(27,30)2)20-7-10-22(11-8-20)31(3,4)5/h7-8,10-11,18,25-27,33H,9,12-15,17,19H2,1-5H3/q+1/t25?,26-,27?,29+,30-/m1/s1. The first-order chi connectivity index (χ1) is 15.6. The van der Waals surface area contributed by atoms with Gasteiger partial charge in [-0.3, -0.25) is 9.28 Å². The van der Waals surface area contributed by atoms with E-state index in [1.54, 1.807) is 5.57 Å². The number of hydrogen-bond acceptors (Lipinski definition) is 2. The molecule has 33 heavy (non-hydrogen) atoms. The minimum absolute atomic E-state index is 0.222. The van der Waals surface area contributed by atoms with Crippen LogP contribution in [0.1, 0.15) is 70.3 Å². The average molecular weight is 445 g/mol. The molecule has 0 amide bonds. The van der Waals surface area contributed by atoms with E-state index in [0.717, 1.165) is 43.0 Å². The average Bonchev–Trinajstić information content (AvgIpc) is 3.03. The Morgan fingerprint density at radius 3 is 2.45 bits per heavy atom. The second-order valence-corrected chi connectivity index (χ2v) is 11.9. The largest absolute Gasteiger partial charge is 0.377 e. The van der Waals surface area contributed by atoms with Crippen LogP contribution in [-0.4, -0.2) is 37.6 Å². The topological polar surface area (TPSA) is 37.3 Å². The van der Waals surface area contributed by atoms with E-state index in [1.165, 1.54) is 22.4 Å². The van der Waals surface area contributed by atoms with Crippen molar-refractivity contribution < 1.29 is 9.90 Å². The molecule has 5 atom stereocenters. The van der Waals surface area contributed by atoms with Gasteiger partial charge in [-0.2, -0.15) is 0 Å². The van der Waals surface area contributed by atoms with Crippen molar-refractivity contribution >= 4 is 11.5 Å². The van der Waals surface area contributed by atoms with Crippen LogP contribution in [0.4, 0.5) is 5.69 Å². The molecule has 5 rings (SSSR count). The molecule has 2 unspecified atom stereocenters. The van der Waals surface area contributed by atoms with E-state index >= 15 is 0 Å². The normalized spacial score (nSPS) is 35.8. The number of hydrogen-bond donors (Lipinski definition) is 1. The molecule has 1 aromatic rings. The zero-order valence-corrected chi connectivity index (χ0v) is 20.9. The SMILES string of the molecule is CC#C[C@@]1(O)CCC2C3CCC4=CC(=O)CCC4=C3[C@@H](c3ccc([N+](C)(C)C)cc3)C[C@@]21C. The second-order valence-electron chi connectivity index (χ2n) is 11.9. The summed E-state index contributed by atoms with van der Waals surface area (Å²) in [6, 6.07) is 9.15. The highest BCUT2D eigenvalue weighted by atomic mass is 16.3. The Bertz CT molecular complexity index is 1110. The number of rotatable bonds is 2. The zero-order chi connectivity index (χ0) is 23.6. The molecule has 4 aliphatic rings. The molecule has 0 heterocycles. The van der Waals surface area contributed by atoms with Gasteiger partial charge in [-0.15, -0.1) is 5.92 Å². The van der Waals surface area contributed by atoms with Crippen LogP contribution in [0.15, 0.2) is 47.1 Å². The van der Waals surface area contributed by atoms with Gasteiger partial charge in [0.1, 0.15) is 11.3 Å². The molecule has 0 bridgehead atoms. The first-order valence-corrected chi connectivity index (χ1v) is 12.6.